The molecule has 0 bridgehead atoms. The number of halogens is 5. The van der Waals surface area contributed by atoms with E-state index in [9.17, 15) is 17.6 Å². The van der Waals surface area contributed by atoms with Gasteiger partial charge in [0, 0.05) is 18.3 Å². The average Bonchev–Trinajstić information content (AvgIpc) is 2.42. The summed E-state index contributed by atoms with van der Waals surface area (Å²) in [7, 11) is 0. The molecule has 0 amide bonds. The SMILES string of the molecule is Fc1cc(CNc2ccc(OC(F)F)c(F)c2)ccc1Cl. The van der Waals surface area contributed by atoms with Crippen LogP contribution in [0.15, 0.2) is 36.4 Å². The fourth-order valence-corrected chi connectivity index (χ4v) is 1.77. The van der Waals surface area contributed by atoms with Gasteiger partial charge in [0.05, 0.1) is 5.02 Å². The van der Waals surface area contributed by atoms with Gasteiger partial charge in [-0.25, -0.2) is 8.78 Å². The third-order valence-electron chi connectivity index (χ3n) is 2.63. The first kappa shape index (κ1) is 15.4. The molecule has 0 heterocycles. The Hall–Kier alpha value is -1.95. The van der Waals surface area contributed by atoms with Crippen LogP contribution in [0.2, 0.25) is 5.02 Å². The van der Waals surface area contributed by atoms with E-state index in [4.69, 9.17) is 11.6 Å². The maximum Gasteiger partial charge on any atom is 0.387 e. The molecule has 0 fully saturated rings. The van der Waals surface area contributed by atoms with Gasteiger partial charge in [-0.1, -0.05) is 17.7 Å². The van der Waals surface area contributed by atoms with Gasteiger partial charge in [0.2, 0.25) is 0 Å². The summed E-state index contributed by atoms with van der Waals surface area (Å²) in [6, 6.07) is 7.76. The molecule has 0 saturated carbocycles. The van der Waals surface area contributed by atoms with Crippen molar-refractivity contribution in [2.24, 2.45) is 0 Å². The van der Waals surface area contributed by atoms with Crippen molar-refractivity contribution in [1.82, 2.24) is 0 Å². The van der Waals surface area contributed by atoms with E-state index in [1.54, 1.807) is 6.07 Å². The Balaban J connectivity index is 2.03. The van der Waals surface area contributed by atoms with Gasteiger partial charge < -0.3 is 10.1 Å². The number of alkyl halides is 2. The van der Waals surface area contributed by atoms with Crippen molar-refractivity contribution in [2.45, 2.75) is 13.2 Å². The van der Waals surface area contributed by atoms with Crippen LogP contribution in [0, 0.1) is 11.6 Å². The van der Waals surface area contributed by atoms with Crippen LogP contribution in [0.3, 0.4) is 0 Å². The van der Waals surface area contributed by atoms with Crippen LogP contribution in [0.1, 0.15) is 5.56 Å². The minimum atomic E-state index is -3.09. The molecule has 7 heteroatoms. The first-order valence-electron chi connectivity index (χ1n) is 5.88. The molecule has 2 aromatic carbocycles. The van der Waals surface area contributed by atoms with Gasteiger partial charge in [-0.15, -0.1) is 0 Å². The van der Waals surface area contributed by atoms with Crippen molar-refractivity contribution in [3.63, 3.8) is 0 Å². The average molecular weight is 320 g/mol. The minimum Gasteiger partial charge on any atom is -0.432 e. The zero-order valence-electron chi connectivity index (χ0n) is 10.5. The number of hydrogen-bond donors (Lipinski definition) is 1. The van der Waals surface area contributed by atoms with E-state index in [1.165, 1.54) is 18.2 Å². The molecule has 1 N–H and O–H groups in total. The van der Waals surface area contributed by atoms with Crippen molar-refractivity contribution in [3.05, 3.63) is 58.6 Å². The Bertz CT molecular complexity index is 636. The summed E-state index contributed by atoms with van der Waals surface area (Å²) in [6.07, 6.45) is 0. The molecule has 0 aliphatic carbocycles. The summed E-state index contributed by atoms with van der Waals surface area (Å²) in [4.78, 5) is 0. The van der Waals surface area contributed by atoms with Gasteiger partial charge in [0.15, 0.2) is 11.6 Å². The summed E-state index contributed by atoms with van der Waals surface area (Å²) >= 11 is 5.56. The van der Waals surface area contributed by atoms with Gasteiger partial charge in [-0.05, 0) is 29.8 Å². The normalized spacial score (nSPS) is 10.8. The second-order valence-corrected chi connectivity index (χ2v) is 4.53. The number of nitrogens with one attached hydrogen (secondary N) is 1. The first-order valence-corrected chi connectivity index (χ1v) is 6.25. The number of ether oxygens (including phenoxy) is 1. The Kier molecular flexibility index (Phi) is 4.90. The van der Waals surface area contributed by atoms with Crippen LogP contribution >= 0.6 is 11.6 Å². The number of hydrogen-bond acceptors (Lipinski definition) is 2. The fourth-order valence-electron chi connectivity index (χ4n) is 1.66. The van der Waals surface area contributed by atoms with Crippen LogP contribution < -0.4 is 10.1 Å². The highest BCUT2D eigenvalue weighted by Gasteiger charge is 2.10. The number of anilines is 1. The molecule has 0 unspecified atom stereocenters. The quantitative estimate of drug-likeness (QED) is 0.797. The predicted octanol–water partition coefficient (Wildman–Crippen LogP) is 4.83. The molecule has 0 radical (unpaired) electrons. The van der Waals surface area contributed by atoms with Crippen molar-refractivity contribution >= 4 is 17.3 Å². The Labute approximate surface area is 123 Å². The van der Waals surface area contributed by atoms with E-state index in [1.807, 2.05) is 0 Å². The van der Waals surface area contributed by atoms with E-state index in [0.29, 0.717) is 11.3 Å². The highest BCUT2D eigenvalue weighted by atomic mass is 35.5. The molecule has 0 aliphatic heterocycles. The third kappa shape index (κ3) is 4.26. The molecule has 0 spiro atoms. The fraction of sp³-hybridized carbons (Fsp3) is 0.143. The van der Waals surface area contributed by atoms with Gasteiger partial charge in [-0.2, -0.15) is 8.78 Å². The van der Waals surface area contributed by atoms with E-state index < -0.39 is 24.0 Å². The summed E-state index contributed by atoms with van der Waals surface area (Å²) in [5, 5.41) is 2.85. The lowest BCUT2D eigenvalue weighted by atomic mass is 10.2. The molecule has 0 aromatic heterocycles. The lowest BCUT2D eigenvalue weighted by molar-refractivity contribution is -0.0521. The summed E-state index contributed by atoms with van der Waals surface area (Å²) in [5.41, 5.74) is 0.953. The summed E-state index contributed by atoms with van der Waals surface area (Å²) in [6.45, 7) is -2.86. The highest BCUT2D eigenvalue weighted by molar-refractivity contribution is 6.30. The standard InChI is InChI=1S/C14H10ClF4NO/c15-10-3-1-8(5-11(10)16)7-20-9-2-4-13(12(17)6-9)21-14(18)19/h1-6,14,20H,7H2. The highest BCUT2D eigenvalue weighted by Crippen LogP contribution is 2.23. The molecule has 112 valence electrons. The number of rotatable bonds is 5. The first-order chi connectivity index (χ1) is 9.95. The molecule has 0 atom stereocenters. The predicted molar refractivity (Wildman–Crippen MR) is 71.8 cm³/mol. The van der Waals surface area contributed by atoms with E-state index >= 15 is 0 Å². The molecule has 0 saturated heterocycles. The molecule has 2 rings (SSSR count). The second kappa shape index (κ2) is 6.67. The largest absolute Gasteiger partial charge is 0.432 e. The Morgan fingerprint density at radius 1 is 1.05 bits per heavy atom. The van der Waals surface area contributed by atoms with Crippen LogP contribution in [-0.2, 0) is 6.54 Å². The third-order valence-corrected chi connectivity index (χ3v) is 2.94. The zero-order valence-corrected chi connectivity index (χ0v) is 11.3. The van der Waals surface area contributed by atoms with Gasteiger partial charge in [0.25, 0.3) is 0 Å². The lowest BCUT2D eigenvalue weighted by Crippen LogP contribution is -2.05. The maximum atomic E-state index is 13.5. The topological polar surface area (TPSA) is 21.3 Å². The van der Waals surface area contributed by atoms with Crippen LogP contribution in [0.5, 0.6) is 5.75 Å². The molecule has 2 aromatic rings. The van der Waals surface area contributed by atoms with Crippen molar-refractivity contribution in [2.75, 3.05) is 5.32 Å². The van der Waals surface area contributed by atoms with Crippen LogP contribution in [0.25, 0.3) is 0 Å². The van der Waals surface area contributed by atoms with Gasteiger partial charge >= 0.3 is 6.61 Å². The van der Waals surface area contributed by atoms with Gasteiger partial charge in [-0.3, -0.25) is 0 Å². The second-order valence-electron chi connectivity index (χ2n) is 4.13. The monoisotopic (exact) mass is 319 g/mol. The van der Waals surface area contributed by atoms with Crippen molar-refractivity contribution in [1.29, 1.82) is 0 Å². The van der Waals surface area contributed by atoms with E-state index in [-0.39, 0.29) is 11.6 Å². The van der Waals surface area contributed by atoms with E-state index in [0.717, 1.165) is 12.1 Å². The maximum absolute atomic E-state index is 13.5. The van der Waals surface area contributed by atoms with Crippen LogP contribution in [-0.4, -0.2) is 6.61 Å². The van der Waals surface area contributed by atoms with Crippen molar-refractivity contribution in [3.8, 4) is 5.75 Å². The smallest absolute Gasteiger partial charge is 0.387 e. The molecule has 0 aliphatic rings. The molecule has 21 heavy (non-hydrogen) atoms. The molecule has 2 nitrogen and oxygen atoms in total. The van der Waals surface area contributed by atoms with Crippen LogP contribution in [0.4, 0.5) is 23.2 Å². The molecular formula is C14H10ClF4NO. The van der Waals surface area contributed by atoms with Crippen molar-refractivity contribution < 1.29 is 22.3 Å². The number of benzene rings is 2. The summed E-state index contributed by atoms with van der Waals surface area (Å²) in [5.74, 6) is -2.00. The van der Waals surface area contributed by atoms with Gasteiger partial charge in [0.1, 0.15) is 5.82 Å². The Morgan fingerprint density at radius 3 is 2.43 bits per heavy atom. The molecular weight excluding hydrogens is 310 g/mol. The zero-order chi connectivity index (χ0) is 15.4. The lowest BCUT2D eigenvalue weighted by Gasteiger charge is -2.10. The van der Waals surface area contributed by atoms with E-state index in [2.05, 4.69) is 10.1 Å². The summed E-state index contributed by atoms with van der Waals surface area (Å²) < 4.78 is 54.7. The minimum absolute atomic E-state index is 0.0123. The Morgan fingerprint density at radius 2 is 1.81 bits per heavy atom.